The predicted octanol–water partition coefficient (Wildman–Crippen LogP) is 4.05. The standard InChI is InChI=1S/C21H25N5.HI/c22-21(25-18-5-1-2-6-18)23-13-16-9-11-17(12-10-16)14-26-15-24-19-7-3-4-8-20(19)26;/h3-4,7-12,15,18H,1-2,5-6,13-14H2,(H3,22,23,25);1H. The number of rotatable bonds is 5. The number of benzene rings is 2. The monoisotopic (exact) mass is 475 g/mol. The highest BCUT2D eigenvalue weighted by molar-refractivity contribution is 14.0. The van der Waals surface area contributed by atoms with Gasteiger partial charge in [0.25, 0.3) is 0 Å². The summed E-state index contributed by atoms with van der Waals surface area (Å²) in [6.45, 7) is 1.43. The second-order valence-corrected chi connectivity index (χ2v) is 7.00. The van der Waals surface area contributed by atoms with Crippen LogP contribution in [-0.4, -0.2) is 21.6 Å². The Bertz CT molecular complexity index is 894. The lowest BCUT2D eigenvalue weighted by Gasteiger charge is -2.12. The number of hydrogen-bond acceptors (Lipinski definition) is 2. The van der Waals surface area contributed by atoms with Crippen LogP contribution in [0.5, 0.6) is 0 Å². The Kier molecular flexibility index (Phi) is 6.71. The molecule has 142 valence electrons. The Morgan fingerprint density at radius 1 is 1.07 bits per heavy atom. The second kappa shape index (κ2) is 9.21. The highest BCUT2D eigenvalue weighted by atomic mass is 127. The zero-order valence-electron chi connectivity index (χ0n) is 15.3. The maximum absolute atomic E-state index is 6.00. The fourth-order valence-electron chi connectivity index (χ4n) is 3.58. The summed E-state index contributed by atoms with van der Waals surface area (Å²) in [6, 6.07) is 17.3. The molecule has 2 aromatic carbocycles. The summed E-state index contributed by atoms with van der Waals surface area (Å²) in [5, 5.41) is 3.32. The van der Waals surface area contributed by atoms with Crippen LogP contribution in [0.4, 0.5) is 0 Å². The van der Waals surface area contributed by atoms with Crippen molar-refractivity contribution in [2.75, 3.05) is 0 Å². The zero-order chi connectivity index (χ0) is 17.8. The van der Waals surface area contributed by atoms with Crippen LogP contribution in [-0.2, 0) is 13.1 Å². The van der Waals surface area contributed by atoms with Gasteiger partial charge in [-0.2, -0.15) is 0 Å². The molecule has 0 radical (unpaired) electrons. The van der Waals surface area contributed by atoms with Gasteiger partial charge in [0.15, 0.2) is 5.96 Å². The van der Waals surface area contributed by atoms with Gasteiger partial charge >= 0.3 is 0 Å². The molecule has 1 aliphatic carbocycles. The average molecular weight is 475 g/mol. The molecule has 1 aromatic heterocycles. The van der Waals surface area contributed by atoms with Crippen molar-refractivity contribution in [2.24, 2.45) is 10.7 Å². The first kappa shape index (κ1) is 19.7. The van der Waals surface area contributed by atoms with Crippen molar-refractivity contribution in [3.8, 4) is 0 Å². The van der Waals surface area contributed by atoms with E-state index in [-0.39, 0.29) is 24.0 Å². The quantitative estimate of drug-likeness (QED) is 0.333. The van der Waals surface area contributed by atoms with Crippen LogP contribution in [0.1, 0.15) is 36.8 Å². The summed E-state index contributed by atoms with van der Waals surface area (Å²) >= 11 is 0. The first-order valence-corrected chi connectivity index (χ1v) is 9.32. The summed E-state index contributed by atoms with van der Waals surface area (Å²) in [6.07, 6.45) is 6.89. The van der Waals surface area contributed by atoms with Gasteiger partial charge < -0.3 is 15.6 Å². The number of hydrogen-bond donors (Lipinski definition) is 2. The van der Waals surface area contributed by atoms with Gasteiger partial charge in [-0.25, -0.2) is 9.98 Å². The third kappa shape index (κ3) is 5.00. The van der Waals surface area contributed by atoms with Crippen LogP contribution >= 0.6 is 24.0 Å². The van der Waals surface area contributed by atoms with E-state index in [4.69, 9.17) is 5.73 Å². The number of para-hydroxylation sites is 2. The SMILES string of the molecule is I.NC(=NCc1ccc(Cn2cnc3ccccc32)cc1)NC1CCCC1. The number of nitrogens with one attached hydrogen (secondary N) is 1. The summed E-state index contributed by atoms with van der Waals surface area (Å²) in [5.41, 5.74) is 10.6. The van der Waals surface area contributed by atoms with Gasteiger partial charge in [-0.1, -0.05) is 49.2 Å². The smallest absolute Gasteiger partial charge is 0.189 e. The zero-order valence-corrected chi connectivity index (χ0v) is 17.7. The van der Waals surface area contributed by atoms with Gasteiger partial charge in [0.1, 0.15) is 0 Å². The van der Waals surface area contributed by atoms with Crippen LogP contribution in [0.2, 0.25) is 0 Å². The fraction of sp³-hybridized carbons (Fsp3) is 0.333. The molecule has 6 heteroatoms. The maximum Gasteiger partial charge on any atom is 0.189 e. The Hall–Kier alpha value is -2.09. The number of imidazole rings is 1. The number of nitrogens with two attached hydrogens (primary N) is 1. The van der Waals surface area contributed by atoms with E-state index in [0.29, 0.717) is 18.5 Å². The van der Waals surface area contributed by atoms with E-state index < -0.39 is 0 Å². The van der Waals surface area contributed by atoms with Gasteiger partial charge in [-0.05, 0) is 36.1 Å². The number of aromatic nitrogens is 2. The molecule has 0 aliphatic heterocycles. The number of fused-ring (bicyclic) bond motifs is 1. The molecule has 0 spiro atoms. The molecule has 0 bridgehead atoms. The highest BCUT2D eigenvalue weighted by Crippen LogP contribution is 2.17. The van der Waals surface area contributed by atoms with Crippen molar-refractivity contribution < 1.29 is 0 Å². The summed E-state index contributed by atoms with van der Waals surface area (Å²) in [4.78, 5) is 8.92. The molecular weight excluding hydrogens is 449 g/mol. The molecule has 1 aliphatic rings. The first-order valence-electron chi connectivity index (χ1n) is 9.32. The van der Waals surface area contributed by atoms with Crippen molar-refractivity contribution in [3.05, 3.63) is 66.0 Å². The summed E-state index contributed by atoms with van der Waals surface area (Å²) < 4.78 is 2.17. The van der Waals surface area contributed by atoms with Crippen molar-refractivity contribution >= 4 is 41.0 Å². The summed E-state index contributed by atoms with van der Waals surface area (Å²) in [5.74, 6) is 0.561. The Morgan fingerprint density at radius 2 is 1.78 bits per heavy atom. The third-order valence-corrected chi connectivity index (χ3v) is 5.04. The van der Waals surface area contributed by atoms with E-state index in [1.54, 1.807) is 0 Å². The van der Waals surface area contributed by atoms with E-state index in [1.807, 2.05) is 24.5 Å². The Labute approximate surface area is 177 Å². The molecule has 3 N–H and O–H groups in total. The van der Waals surface area contributed by atoms with Crippen LogP contribution in [0.25, 0.3) is 11.0 Å². The minimum absolute atomic E-state index is 0. The largest absolute Gasteiger partial charge is 0.370 e. The van der Waals surface area contributed by atoms with Crippen LogP contribution in [0, 0.1) is 0 Å². The summed E-state index contributed by atoms with van der Waals surface area (Å²) in [7, 11) is 0. The first-order chi connectivity index (χ1) is 12.8. The number of halogens is 1. The van der Waals surface area contributed by atoms with Gasteiger partial charge in [-0.15, -0.1) is 24.0 Å². The lowest BCUT2D eigenvalue weighted by molar-refractivity contribution is 0.625. The van der Waals surface area contributed by atoms with Gasteiger partial charge in [0.2, 0.25) is 0 Å². The highest BCUT2D eigenvalue weighted by Gasteiger charge is 2.14. The fourth-order valence-corrected chi connectivity index (χ4v) is 3.58. The third-order valence-electron chi connectivity index (χ3n) is 5.04. The molecule has 4 rings (SSSR count). The van der Waals surface area contributed by atoms with Crippen molar-refractivity contribution in [1.29, 1.82) is 0 Å². The maximum atomic E-state index is 6.00. The van der Waals surface area contributed by atoms with E-state index in [0.717, 1.165) is 17.6 Å². The lowest BCUT2D eigenvalue weighted by Crippen LogP contribution is -2.38. The van der Waals surface area contributed by atoms with E-state index in [9.17, 15) is 0 Å². The molecule has 1 heterocycles. The predicted molar refractivity (Wildman–Crippen MR) is 121 cm³/mol. The molecule has 0 atom stereocenters. The molecule has 1 saturated carbocycles. The number of aliphatic imine (C=N–C) groups is 1. The average Bonchev–Trinajstić information content (AvgIpc) is 3.32. The Morgan fingerprint density at radius 3 is 2.56 bits per heavy atom. The number of nitrogens with zero attached hydrogens (tertiary/aromatic N) is 3. The van der Waals surface area contributed by atoms with Crippen LogP contribution in [0.15, 0.2) is 59.9 Å². The van der Waals surface area contributed by atoms with Crippen molar-refractivity contribution in [1.82, 2.24) is 14.9 Å². The molecule has 0 unspecified atom stereocenters. The normalized spacial score (nSPS) is 15.0. The van der Waals surface area contributed by atoms with Crippen LogP contribution < -0.4 is 11.1 Å². The number of guanidine groups is 1. The van der Waals surface area contributed by atoms with Gasteiger partial charge in [-0.3, -0.25) is 0 Å². The molecule has 0 amide bonds. The van der Waals surface area contributed by atoms with Gasteiger partial charge in [0.05, 0.1) is 23.9 Å². The molecule has 5 nitrogen and oxygen atoms in total. The minimum Gasteiger partial charge on any atom is -0.370 e. The molecular formula is C21H26IN5. The topological polar surface area (TPSA) is 68.2 Å². The van der Waals surface area contributed by atoms with Gasteiger partial charge in [0, 0.05) is 12.6 Å². The molecule has 3 aromatic rings. The molecule has 0 saturated heterocycles. The van der Waals surface area contributed by atoms with E-state index in [1.165, 1.54) is 36.8 Å². The molecule has 27 heavy (non-hydrogen) atoms. The Balaban J connectivity index is 0.00000210. The van der Waals surface area contributed by atoms with Crippen molar-refractivity contribution in [2.45, 2.75) is 44.8 Å². The second-order valence-electron chi connectivity index (χ2n) is 7.00. The van der Waals surface area contributed by atoms with Crippen LogP contribution in [0.3, 0.4) is 0 Å². The van der Waals surface area contributed by atoms with Crippen molar-refractivity contribution in [3.63, 3.8) is 0 Å². The molecule has 1 fully saturated rings. The minimum atomic E-state index is 0. The lowest BCUT2D eigenvalue weighted by atomic mass is 10.1. The van der Waals surface area contributed by atoms with E-state index >= 15 is 0 Å². The van der Waals surface area contributed by atoms with E-state index in [2.05, 4.69) is 50.2 Å².